The molecule has 1 aromatic carbocycles. The van der Waals surface area contributed by atoms with E-state index in [1.54, 1.807) is 7.11 Å². The minimum Gasteiger partial charge on any atom is -0.496 e. The summed E-state index contributed by atoms with van der Waals surface area (Å²) in [5.41, 5.74) is 2.59. The van der Waals surface area contributed by atoms with Gasteiger partial charge in [-0.05, 0) is 37.6 Å². The molecule has 2 aromatic rings. The van der Waals surface area contributed by atoms with E-state index < -0.39 is 12.0 Å². The number of aromatic nitrogens is 1. The second-order valence-electron chi connectivity index (χ2n) is 6.76. The van der Waals surface area contributed by atoms with E-state index in [0.29, 0.717) is 31.3 Å². The Kier molecular flexibility index (Phi) is 5.99. The standard InChI is InChI=1S/C20H25N3O5/c1-12-9-14(5-6-17(12)26-3)20-22-15(13(2)28-20)11-23-8-7-21-19(25)16(23)10-18(24)27-4/h5-6,9,16H,7-8,10-11H2,1-4H3,(H,21,25). The molecule has 1 amide bonds. The Morgan fingerprint density at radius 2 is 2.14 bits per heavy atom. The van der Waals surface area contributed by atoms with Crippen molar-refractivity contribution in [3.8, 4) is 17.2 Å². The average Bonchev–Trinajstić information content (AvgIpc) is 3.04. The van der Waals surface area contributed by atoms with Gasteiger partial charge >= 0.3 is 5.97 Å². The summed E-state index contributed by atoms with van der Waals surface area (Å²) in [4.78, 5) is 30.5. The molecule has 1 atom stereocenters. The van der Waals surface area contributed by atoms with Crippen molar-refractivity contribution >= 4 is 11.9 Å². The van der Waals surface area contributed by atoms with Crippen LogP contribution in [0.4, 0.5) is 0 Å². The van der Waals surface area contributed by atoms with Crippen LogP contribution in [-0.2, 0) is 20.9 Å². The average molecular weight is 387 g/mol. The van der Waals surface area contributed by atoms with Gasteiger partial charge in [-0.25, -0.2) is 4.98 Å². The number of hydrogen-bond donors (Lipinski definition) is 1. The monoisotopic (exact) mass is 387 g/mol. The number of rotatable bonds is 6. The number of nitrogens with zero attached hydrogens (tertiary/aromatic N) is 2. The number of benzene rings is 1. The van der Waals surface area contributed by atoms with Crippen LogP contribution in [0.2, 0.25) is 0 Å². The molecule has 1 aliphatic heterocycles. The smallest absolute Gasteiger partial charge is 0.307 e. The number of carbonyl (C=O) groups is 2. The van der Waals surface area contributed by atoms with Gasteiger partial charge in [0.15, 0.2) is 0 Å². The van der Waals surface area contributed by atoms with E-state index in [-0.39, 0.29) is 12.3 Å². The summed E-state index contributed by atoms with van der Waals surface area (Å²) in [7, 11) is 2.95. The number of hydrogen-bond acceptors (Lipinski definition) is 7. The van der Waals surface area contributed by atoms with Crippen molar-refractivity contribution in [2.75, 3.05) is 27.3 Å². The first kappa shape index (κ1) is 19.9. The van der Waals surface area contributed by atoms with E-state index >= 15 is 0 Å². The first-order valence-electron chi connectivity index (χ1n) is 9.12. The van der Waals surface area contributed by atoms with Gasteiger partial charge in [-0.15, -0.1) is 0 Å². The number of ether oxygens (including phenoxy) is 2. The molecule has 1 saturated heterocycles. The Morgan fingerprint density at radius 1 is 1.36 bits per heavy atom. The summed E-state index contributed by atoms with van der Waals surface area (Å²) < 4.78 is 15.9. The van der Waals surface area contributed by atoms with Crippen LogP contribution in [0.3, 0.4) is 0 Å². The van der Waals surface area contributed by atoms with Crippen molar-refractivity contribution in [1.82, 2.24) is 15.2 Å². The molecule has 1 aromatic heterocycles. The van der Waals surface area contributed by atoms with Gasteiger partial charge in [0.2, 0.25) is 11.8 Å². The zero-order valence-electron chi connectivity index (χ0n) is 16.6. The van der Waals surface area contributed by atoms with Crippen LogP contribution < -0.4 is 10.1 Å². The molecule has 0 spiro atoms. The van der Waals surface area contributed by atoms with Gasteiger partial charge in [-0.2, -0.15) is 0 Å². The van der Waals surface area contributed by atoms with E-state index in [1.807, 2.05) is 36.9 Å². The van der Waals surface area contributed by atoms with Gasteiger partial charge in [0.1, 0.15) is 17.6 Å². The molecule has 1 aliphatic rings. The number of amides is 1. The van der Waals surface area contributed by atoms with Crippen molar-refractivity contribution in [3.63, 3.8) is 0 Å². The van der Waals surface area contributed by atoms with Crippen LogP contribution in [0.1, 0.15) is 23.4 Å². The highest BCUT2D eigenvalue weighted by Crippen LogP contribution is 2.28. The third kappa shape index (κ3) is 4.17. The zero-order valence-corrected chi connectivity index (χ0v) is 16.6. The Bertz CT molecular complexity index is 877. The maximum Gasteiger partial charge on any atom is 0.307 e. The molecule has 150 valence electrons. The van der Waals surface area contributed by atoms with Crippen LogP contribution >= 0.6 is 0 Å². The molecule has 0 radical (unpaired) electrons. The Hall–Kier alpha value is -2.87. The van der Waals surface area contributed by atoms with E-state index in [4.69, 9.17) is 13.9 Å². The number of carbonyl (C=O) groups excluding carboxylic acids is 2. The minimum absolute atomic E-state index is 0.00373. The van der Waals surface area contributed by atoms with Crippen LogP contribution in [0.5, 0.6) is 5.75 Å². The normalized spacial score (nSPS) is 17.3. The highest BCUT2D eigenvalue weighted by molar-refractivity contribution is 5.87. The van der Waals surface area contributed by atoms with Gasteiger partial charge in [-0.1, -0.05) is 0 Å². The summed E-state index contributed by atoms with van der Waals surface area (Å²) in [6.07, 6.45) is 0.00373. The molecule has 28 heavy (non-hydrogen) atoms. The summed E-state index contributed by atoms with van der Waals surface area (Å²) in [6.45, 7) is 5.37. The van der Waals surface area contributed by atoms with Gasteiger partial charge in [0.25, 0.3) is 0 Å². The molecule has 1 N–H and O–H groups in total. The minimum atomic E-state index is -0.580. The lowest BCUT2D eigenvalue weighted by Crippen LogP contribution is -2.55. The first-order chi connectivity index (χ1) is 13.4. The van der Waals surface area contributed by atoms with E-state index in [1.165, 1.54) is 7.11 Å². The molecule has 2 heterocycles. The second kappa shape index (κ2) is 8.43. The van der Waals surface area contributed by atoms with Crippen LogP contribution in [0, 0.1) is 13.8 Å². The van der Waals surface area contributed by atoms with E-state index in [0.717, 1.165) is 22.6 Å². The van der Waals surface area contributed by atoms with Crippen molar-refractivity contribution in [3.05, 3.63) is 35.2 Å². The fourth-order valence-corrected chi connectivity index (χ4v) is 3.32. The largest absolute Gasteiger partial charge is 0.496 e. The topological polar surface area (TPSA) is 93.9 Å². The highest BCUT2D eigenvalue weighted by atomic mass is 16.5. The van der Waals surface area contributed by atoms with Crippen molar-refractivity contribution in [2.24, 2.45) is 0 Å². The van der Waals surface area contributed by atoms with Gasteiger partial charge in [-0.3, -0.25) is 14.5 Å². The SMILES string of the molecule is COC(=O)CC1C(=O)NCCN1Cc1nc(-c2ccc(OC)c(C)c2)oc1C. The lowest BCUT2D eigenvalue weighted by molar-refractivity contribution is -0.146. The van der Waals surface area contributed by atoms with E-state index in [9.17, 15) is 9.59 Å². The predicted octanol–water partition coefficient (Wildman–Crippen LogP) is 1.83. The van der Waals surface area contributed by atoms with Gasteiger partial charge in [0, 0.05) is 25.2 Å². The number of oxazole rings is 1. The summed E-state index contributed by atoms with van der Waals surface area (Å²) >= 11 is 0. The molecule has 8 nitrogen and oxygen atoms in total. The number of piperazine rings is 1. The molecule has 8 heteroatoms. The first-order valence-corrected chi connectivity index (χ1v) is 9.12. The molecule has 0 bridgehead atoms. The van der Waals surface area contributed by atoms with Crippen molar-refractivity contribution in [1.29, 1.82) is 0 Å². The van der Waals surface area contributed by atoms with Gasteiger partial charge in [0.05, 0.1) is 26.3 Å². The summed E-state index contributed by atoms with van der Waals surface area (Å²) in [6, 6.07) is 5.16. The van der Waals surface area contributed by atoms with E-state index in [2.05, 4.69) is 10.3 Å². The lowest BCUT2D eigenvalue weighted by atomic mass is 10.1. The predicted molar refractivity (Wildman–Crippen MR) is 102 cm³/mol. The zero-order chi connectivity index (χ0) is 20.3. The molecular formula is C20H25N3O5. The van der Waals surface area contributed by atoms with Crippen molar-refractivity contribution in [2.45, 2.75) is 32.9 Å². The molecule has 1 fully saturated rings. The highest BCUT2D eigenvalue weighted by Gasteiger charge is 2.33. The number of aryl methyl sites for hydroxylation is 2. The lowest BCUT2D eigenvalue weighted by Gasteiger charge is -2.33. The Morgan fingerprint density at radius 3 is 2.82 bits per heavy atom. The third-order valence-electron chi connectivity index (χ3n) is 4.92. The molecule has 0 aliphatic carbocycles. The molecule has 3 rings (SSSR count). The maximum atomic E-state index is 12.2. The van der Waals surface area contributed by atoms with Crippen LogP contribution in [0.15, 0.2) is 22.6 Å². The van der Waals surface area contributed by atoms with Crippen molar-refractivity contribution < 1.29 is 23.5 Å². The second-order valence-corrected chi connectivity index (χ2v) is 6.76. The Labute approximate surface area is 163 Å². The Balaban J connectivity index is 1.81. The number of methoxy groups -OCH3 is 2. The van der Waals surface area contributed by atoms with Gasteiger partial charge < -0.3 is 19.2 Å². The van der Waals surface area contributed by atoms with Crippen LogP contribution in [0.25, 0.3) is 11.5 Å². The van der Waals surface area contributed by atoms with Crippen LogP contribution in [-0.4, -0.2) is 55.1 Å². The quantitative estimate of drug-likeness (QED) is 0.756. The third-order valence-corrected chi connectivity index (χ3v) is 4.92. The molecular weight excluding hydrogens is 362 g/mol. The fraction of sp³-hybridized carbons (Fsp3) is 0.450. The molecule has 0 saturated carbocycles. The fourth-order valence-electron chi connectivity index (χ4n) is 3.32. The summed E-state index contributed by atoms with van der Waals surface area (Å²) in [5.74, 6) is 1.41. The molecule has 1 unspecified atom stereocenters. The summed E-state index contributed by atoms with van der Waals surface area (Å²) in [5, 5.41) is 2.80. The maximum absolute atomic E-state index is 12.2. The number of nitrogens with one attached hydrogen (secondary N) is 1. The number of esters is 1.